The number of aryl methyl sites for hydroxylation is 1. The van der Waals surface area contributed by atoms with Gasteiger partial charge in [-0.2, -0.15) is 5.10 Å². The van der Waals surface area contributed by atoms with E-state index in [1.807, 2.05) is 24.3 Å². The van der Waals surface area contributed by atoms with Crippen LogP contribution in [0, 0.1) is 23.7 Å². The van der Waals surface area contributed by atoms with E-state index in [1.54, 1.807) is 4.68 Å². The molecule has 0 unspecified atom stereocenters. The molecule has 2 atom stereocenters. The van der Waals surface area contributed by atoms with Gasteiger partial charge in [-0.25, -0.2) is 0 Å². The van der Waals surface area contributed by atoms with Gasteiger partial charge in [-0.05, 0) is 38.0 Å². The normalized spacial score (nSPS) is 26.1. The van der Waals surface area contributed by atoms with Crippen LogP contribution in [-0.2, 0) is 16.6 Å². The van der Waals surface area contributed by atoms with Crippen LogP contribution in [0.25, 0.3) is 0 Å². The van der Waals surface area contributed by atoms with Gasteiger partial charge < -0.3 is 10.2 Å². The van der Waals surface area contributed by atoms with E-state index in [-0.39, 0.29) is 23.8 Å². The highest BCUT2D eigenvalue weighted by Gasteiger charge is 2.44. The lowest BCUT2D eigenvalue weighted by Gasteiger charge is -2.41. The maximum atomic E-state index is 12.5. The number of nitrogens with zero attached hydrogens (tertiary/aromatic N) is 3. The van der Waals surface area contributed by atoms with Crippen LogP contribution < -0.4 is 5.32 Å². The molecular weight excluding hydrogens is 316 g/mol. The van der Waals surface area contributed by atoms with Crippen molar-refractivity contribution in [1.29, 1.82) is 0 Å². The lowest BCUT2D eigenvalue weighted by atomic mass is 9.85. The predicted molar refractivity (Wildman–Crippen MR) is 92.1 cm³/mol. The van der Waals surface area contributed by atoms with Crippen LogP contribution in [-0.4, -0.2) is 39.1 Å². The molecule has 2 heterocycles. The Kier molecular flexibility index (Phi) is 4.24. The van der Waals surface area contributed by atoms with Gasteiger partial charge in [0.15, 0.2) is 0 Å². The van der Waals surface area contributed by atoms with Gasteiger partial charge in [-0.3, -0.25) is 14.3 Å². The number of hydrogen-bond acceptors (Lipinski definition) is 3. The van der Waals surface area contributed by atoms with Crippen LogP contribution in [0.4, 0.5) is 0 Å². The molecular formula is C19H24N4O2. The van der Waals surface area contributed by atoms with E-state index in [4.69, 9.17) is 0 Å². The van der Waals surface area contributed by atoms with Gasteiger partial charge in [0.05, 0.1) is 12.2 Å². The van der Waals surface area contributed by atoms with Crippen LogP contribution >= 0.6 is 0 Å². The Bertz CT molecular complexity index is 736. The summed E-state index contributed by atoms with van der Waals surface area (Å²) < 4.78 is 1.77. The molecule has 0 radical (unpaired) electrons. The van der Waals surface area contributed by atoms with E-state index in [1.165, 1.54) is 0 Å². The molecule has 0 bridgehead atoms. The summed E-state index contributed by atoms with van der Waals surface area (Å²) in [6, 6.07) is 0.352. The molecule has 132 valence electrons. The first-order valence-corrected chi connectivity index (χ1v) is 9.21. The van der Waals surface area contributed by atoms with Crippen molar-refractivity contribution >= 4 is 11.8 Å². The average Bonchev–Trinajstić information content (AvgIpc) is 3.51. The zero-order valence-electron chi connectivity index (χ0n) is 14.6. The number of carbonyl (C=O) groups excluding carboxylic acids is 2. The SMILES string of the molecule is Cn1cc([C@@H]2[C@@H](CNC(=O)C#CC3CC3)CCC(=O)N2C2CC2)cn1. The smallest absolute Gasteiger partial charge is 0.295 e. The quantitative estimate of drug-likeness (QED) is 0.843. The largest absolute Gasteiger partial charge is 0.345 e. The number of piperidine rings is 1. The minimum Gasteiger partial charge on any atom is -0.345 e. The molecule has 1 aromatic rings. The van der Waals surface area contributed by atoms with Gasteiger partial charge in [-0.15, -0.1) is 0 Å². The van der Waals surface area contributed by atoms with Crippen molar-refractivity contribution in [2.75, 3.05) is 6.54 Å². The molecule has 4 rings (SSSR count). The number of carbonyl (C=O) groups is 2. The Labute approximate surface area is 147 Å². The summed E-state index contributed by atoms with van der Waals surface area (Å²) in [5.74, 6) is 6.35. The summed E-state index contributed by atoms with van der Waals surface area (Å²) in [7, 11) is 1.89. The fourth-order valence-electron chi connectivity index (χ4n) is 3.66. The first-order chi connectivity index (χ1) is 12.1. The average molecular weight is 340 g/mol. The lowest BCUT2D eigenvalue weighted by molar-refractivity contribution is -0.139. The van der Waals surface area contributed by atoms with Crippen LogP contribution in [0.2, 0.25) is 0 Å². The standard InChI is InChI=1S/C19H24N4O2/c1-22-12-15(11-21-22)19-14(5-9-18(25)23(19)16-6-7-16)10-20-17(24)8-4-13-2-3-13/h11-14,16,19H,2-3,5-7,9-10H2,1H3,(H,20,24)/t14-,19+/m1/s1. The maximum Gasteiger partial charge on any atom is 0.295 e. The third-order valence-corrected chi connectivity index (χ3v) is 5.26. The van der Waals surface area contributed by atoms with Crippen molar-refractivity contribution in [3.05, 3.63) is 18.0 Å². The molecule has 6 nitrogen and oxygen atoms in total. The summed E-state index contributed by atoms with van der Waals surface area (Å²) in [5.41, 5.74) is 1.06. The van der Waals surface area contributed by atoms with Gasteiger partial charge in [0.2, 0.25) is 5.91 Å². The molecule has 1 aromatic heterocycles. The molecule has 25 heavy (non-hydrogen) atoms. The van der Waals surface area contributed by atoms with Crippen LogP contribution in [0.1, 0.15) is 50.1 Å². The zero-order valence-corrected chi connectivity index (χ0v) is 14.6. The molecule has 6 heteroatoms. The topological polar surface area (TPSA) is 67.2 Å². The van der Waals surface area contributed by atoms with Gasteiger partial charge >= 0.3 is 0 Å². The number of nitrogens with one attached hydrogen (secondary N) is 1. The van der Waals surface area contributed by atoms with Crippen LogP contribution in [0.5, 0.6) is 0 Å². The Morgan fingerprint density at radius 3 is 2.76 bits per heavy atom. The first kappa shape index (κ1) is 16.2. The molecule has 3 aliphatic rings. The number of rotatable bonds is 4. The van der Waals surface area contributed by atoms with E-state index in [2.05, 4.69) is 22.3 Å². The molecule has 0 spiro atoms. The summed E-state index contributed by atoms with van der Waals surface area (Å²) in [6.45, 7) is 0.550. The Hall–Kier alpha value is -2.29. The second-order valence-corrected chi connectivity index (χ2v) is 7.48. The Morgan fingerprint density at radius 1 is 1.32 bits per heavy atom. The van der Waals surface area contributed by atoms with Crippen LogP contribution in [0.3, 0.4) is 0 Å². The minimum absolute atomic E-state index is 0.000795. The van der Waals surface area contributed by atoms with Crippen molar-refractivity contribution in [2.45, 2.75) is 50.6 Å². The second-order valence-electron chi connectivity index (χ2n) is 7.48. The van der Waals surface area contributed by atoms with Gasteiger partial charge in [-0.1, -0.05) is 5.92 Å². The molecule has 1 saturated heterocycles. The van der Waals surface area contributed by atoms with E-state index >= 15 is 0 Å². The van der Waals surface area contributed by atoms with Crippen molar-refractivity contribution in [3.63, 3.8) is 0 Å². The minimum atomic E-state index is -0.202. The molecule has 3 fully saturated rings. The summed E-state index contributed by atoms with van der Waals surface area (Å²) in [5, 5.41) is 7.24. The van der Waals surface area contributed by atoms with E-state index in [9.17, 15) is 9.59 Å². The van der Waals surface area contributed by atoms with E-state index in [0.29, 0.717) is 24.9 Å². The van der Waals surface area contributed by atoms with Gasteiger partial charge in [0, 0.05) is 49.7 Å². The maximum absolute atomic E-state index is 12.5. The van der Waals surface area contributed by atoms with E-state index < -0.39 is 0 Å². The Balaban J connectivity index is 1.49. The number of likely N-dealkylation sites (tertiary alicyclic amines) is 1. The van der Waals surface area contributed by atoms with Crippen molar-refractivity contribution < 1.29 is 9.59 Å². The van der Waals surface area contributed by atoms with Crippen LogP contribution in [0.15, 0.2) is 12.4 Å². The summed E-state index contributed by atoms with van der Waals surface area (Å²) in [4.78, 5) is 26.5. The second kappa shape index (κ2) is 6.55. The fraction of sp³-hybridized carbons (Fsp3) is 0.632. The number of aromatic nitrogens is 2. The lowest BCUT2D eigenvalue weighted by Crippen LogP contribution is -2.47. The summed E-state index contributed by atoms with van der Waals surface area (Å²) in [6.07, 6.45) is 9.57. The third-order valence-electron chi connectivity index (χ3n) is 5.26. The highest BCUT2D eigenvalue weighted by molar-refractivity contribution is 5.93. The highest BCUT2D eigenvalue weighted by Crippen LogP contribution is 2.43. The number of amides is 2. The number of hydrogen-bond donors (Lipinski definition) is 1. The first-order valence-electron chi connectivity index (χ1n) is 9.21. The van der Waals surface area contributed by atoms with Gasteiger partial charge in [0.1, 0.15) is 0 Å². The summed E-state index contributed by atoms with van der Waals surface area (Å²) >= 11 is 0. The van der Waals surface area contributed by atoms with Crippen molar-refractivity contribution in [3.8, 4) is 11.8 Å². The monoisotopic (exact) mass is 340 g/mol. The fourth-order valence-corrected chi connectivity index (χ4v) is 3.66. The molecule has 2 saturated carbocycles. The van der Waals surface area contributed by atoms with Crippen molar-refractivity contribution in [2.24, 2.45) is 18.9 Å². The Morgan fingerprint density at radius 2 is 2.12 bits per heavy atom. The third kappa shape index (κ3) is 3.71. The van der Waals surface area contributed by atoms with E-state index in [0.717, 1.165) is 37.7 Å². The molecule has 0 aromatic carbocycles. The molecule has 1 aliphatic heterocycles. The predicted octanol–water partition coefficient (Wildman–Crippen LogP) is 1.39. The molecule has 2 amide bonds. The highest BCUT2D eigenvalue weighted by atomic mass is 16.2. The molecule has 2 aliphatic carbocycles. The molecule has 1 N–H and O–H groups in total. The zero-order chi connectivity index (χ0) is 17.4. The van der Waals surface area contributed by atoms with Gasteiger partial charge in [0.25, 0.3) is 5.91 Å². The van der Waals surface area contributed by atoms with Crippen molar-refractivity contribution in [1.82, 2.24) is 20.0 Å².